The van der Waals surface area contributed by atoms with Gasteiger partial charge in [0.05, 0.1) is 18.5 Å². The van der Waals surface area contributed by atoms with Crippen LogP contribution in [0, 0.1) is 25.7 Å². The Kier molecular flexibility index (Phi) is 24.4. The van der Waals surface area contributed by atoms with Gasteiger partial charge in [-0.15, -0.1) is 20.9 Å². The van der Waals surface area contributed by atoms with Crippen molar-refractivity contribution in [3.63, 3.8) is 0 Å². The van der Waals surface area contributed by atoms with Crippen LogP contribution in [0.2, 0.25) is 0 Å². The molecule has 1 aromatic heterocycles. The van der Waals surface area contributed by atoms with Crippen LogP contribution in [0.5, 0.6) is 5.75 Å². The van der Waals surface area contributed by atoms with Gasteiger partial charge in [-0.2, -0.15) is 10.2 Å². The van der Waals surface area contributed by atoms with E-state index in [2.05, 4.69) is 153 Å². The third-order valence-corrected chi connectivity index (χ3v) is 10.2. The van der Waals surface area contributed by atoms with Gasteiger partial charge in [0, 0.05) is 19.2 Å². The molecule has 9 rings (SSSR count). The van der Waals surface area contributed by atoms with Gasteiger partial charge in [-0.05, 0) is 143 Å². The number of hydrogen-bond acceptors (Lipinski definition) is 8. The number of rotatable bonds is 7. The number of aromatic nitrogens is 4. The fourth-order valence-corrected chi connectivity index (χ4v) is 6.62. The maximum absolute atomic E-state index is 5.03. The molecule has 1 aliphatic rings. The summed E-state index contributed by atoms with van der Waals surface area (Å²) in [6, 6.07) is 67.3. The fraction of sp³-hybridized carbons (Fsp3) is 0.224. The van der Waals surface area contributed by atoms with Crippen LogP contribution in [0.4, 0.5) is 5.69 Å². The van der Waals surface area contributed by atoms with Gasteiger partial charge < -0.3 is 15.0 Å². The summed E-state index contributed by atoms with van der Waals surface area (Å²) < 4.78 is 5.03. The van der Waals surface area contributed by atoms with E-state index in [9.17, 15) is 0 Å². The number of methoxy groups -OCH3 is 1. The number of nitrogens with one attached hydrogen (secondary N) is 1. The fourth-order valence-electron chi connectivity index (χ4n) is 6.62. The molecule has 1 aliphatic heterocycles. The summed E-state index contributed by atoms with van der Waals surface area (Å²) in [7, 11) is 7.48. The molecule has 0 radical (unpaired) electrons. The summed E-state index contributed by atoms with van der Waals surface area (Å²) in [5.74, 6) is 8.18. The van der Waals surface area contributed by atoms with Gasteiger partial charge in [0.25, 0.3) is 0 Å². The van der Waals surface area contributed by atoms with Gasteiger partial charge in [0.2, 0.25) is 0 Å². The normalized spacial score (nSPS) is 11.7. The summed E-state index contributed by atoms with van der Waals surface area (Å²) in [5.41, 5.74) is 9.58. The molecule has 1 saturated heterocycles. The highest BCUT2D eigenvalue weighted by Gasteiger charge is 2.17. The second kappa shape index (κ2) is 31.4. The maximum Gasteiger partial charge on any atom is 0.172 e. The molecule has 0 spiro atoms. The molecule has 0 aliphatic carbocycles. The molecule has 344 valence electrons. The van der Waals surface area contributed by atoms with Gasteiger partial charge in [-0.3, -0.25) is 0 Å². The molecule has 8 aromatic rings. The first-order chi connectivity index (χ1) is 32.8. The van der Waals surface area contributed by atoms with E-state index in [1.54, 1.807) is 14.2 Å². The molecule has 67 heavy (non-hydrogen) atoms. The minimum atomic E-state index is 0.679. The number of aryl methyl sites for hydroxylation is 2. The molecule has 9 heteroatoms. The average Bonchev–Trinajstić information content (AvgIpc) is 3.83. The van der Waals surface area contributed by atoms with E-state index in [1.165, 1.54) is 58.5 Å². The summed E-state index contributed by atoms with van der Waals surface area (Å²) in [6.45, 7) is 9.16. The number of likely N-dealkylation sites (tertiary alicyclic amines) is 1. The maximum atomic E-state index is 5.03. The number of tetrazole rings is 1. The van der Waals surface area contributed by atoms with E-state index in [0.717, 1.165) is 35.2 Å². The van der Waals surface area contributed by atoms with Crippen LogP contribution in [-0.4, -0.2) is 66.4 Å². The number of hydrogen-bond donors (Lipinski definition) is 1. The van der Waals surface area contributed by atoms with Gasteiger partial charge in [-0.25, -0.2) is 0 Å². The van der Waals surface area contributed by atoms with Gasteiger partial charge in [0.15, 0.2) is 5.82 Å². The molecular weight excluding hydrogens is 825 g/mol. The zero-order valence-corrected chi connectivity index (χ0v) is 40.2. The molecule has 0 saturated carbocycles. The predicted molar refractivity (Wildman–Crippen MR) is 278 cm³/mol. The van der Waals surface area contributed by atoms with Crippen molar-refractivity contribution in [3.8, 4) is 34.4 Å². The van der Waals surface area contributed by atoms with Crippen LogP contribution in [0.15, 0.2) is 210 Å². The van der Waals surface area contributed by atoms with Crippen molar-refractivity contribution in [1.82, 2.24) is 30.4 Å². The van der Waals surface area contributed by atoms with Gasteiger partial charge in [-0.1, -0.05) is 163 Å². The van der Waals surface area contributed by atoms with Crippen LogP contribution in [0.3, 0.4) is 0 Å². The lowest BCUT2D eigenvalue weighted by atomic mass is 9.90. The van der Waals surface area contributed by atoms with Crippen molar-refractivity contribution in [1.29, 1.82) is 0 Å². The summed E-state index contributed by atoms with van der Waals surface area (Å²) in [4.78, 5) is 3.93. The van der Waals surface area contributed by atoms with Gasteiger partial charge in [0.1, 0.15) is 5.75 Å². The Morgan fingerprint density at radius 1 is 0.657 bits per heavy atom. The highest BCUT2D eigenvalue weighted by atomic mass is 16.5. The first-order valence-corrected chi connectivity index (χ1v) is 22.6. The topological polar surface area (TPSA) is 92.8 Å². The molecule has 9 nitrogen and oxygen atoms in total. The van der Waals surface area contributed by atoms with E-state index in [-0.39, 0.29) is 0 Å². The van der Waals surface area contributed by atoms with E-state index in [4.69, 9.17) is 4.74 Å². The molecule has 0 atom stereocenters. The molecule has 7 aromatic carbocycles. The molecule has 0 amide bonds. The Morgan fingerprint density at radius 2 is 1.18 bits per heavy atom. The zero-order valence-electron chi connectivity index (χ0n) is 40.2. The molecular formula is C58H66N8O. The molecule has 1 fully saturated rings. The van der Waals surface area contributed by atoms with E-state index < -0.39 is 0 Å². The first-order valence-electron chi connectivity index (χ1n) is 22.6. The van der Waals surface area contributed by atoms with Crippen molar-refractivity contribution < 1.29 is 4.74 Å². The van der Waals surface area contributed by atoms with Gasteiger partial charge >= 0.3 is 0 Å². The second-order valence-corrected chi connectivity index (χ2v) is 15.4. The monoisotopic (exact) mass is 891 g/mol. The zero-order chi connectivity index (χ0) is 47.7. The molecule has 2 heterocycles. The van der Waals surface area contributed by atoms with Crippen LogP contribution >= 0.6 is 0 Å². The number of ether oxygens (including phenoxy) is 1. The minimum Gasteiger partial charge on any atom is -0.497 e. The Balaban J connectivity index is 0.000000177. The van der Waals surface area contributed by atoms with Crippen molar-refractivity contribution >= 4 is 5.69 Å². The SMILES string of the molecule is CC#Cc1ccccc1.CN1CCC(c2ccccc2)CC1.CN=Nc1ccccc1.CNCc1ccc(OC)cc1.Cc1ccc(-c2ccccc2)cc1.Cc1nnn(-c2ccccc2)n1. The highest BCUT2D eigenvalue weighted by Crippen LogP contribution is 2.27. The standard InChI is InChI=1S/C13H12.C12H17N.C9H13NO.C9H8.C8H8N4.C7H8N2/c1-11-7-9-13(10-8-11)12-5-3-2-4-6-12;1-13-9-7-12(8-10-13)11-5-3-2-4-6-11;1-10-7-8-3-5-9(11-2)6-4-8;1-2-6-9-7-4-3-5-8-9;1-7-9-11-12(10-7)8-5-3-2-4-6-8;1-8-9-7-5-3-2-4-6-7/h2-10H,1H3;2-6,12H,7-10H2,1H3;3-6,10H,7H2,1-2H3;3-5,7-8H,1H3;2-6H,1H3;2-6H,1H3. The molecule has 1 N–H and O–H groups in total. The Morgan fingerprint density at radius 3 is 1.69 bits per heavy atom. The number of benzene rings is 7. The van der Waals surface area contributed by atoms with Crippen LogP contribution < -0.4 is 10.1 Å². The van der Waals surface area contributed by atoms with Crippen molar-refractivity contribution in [2.24, 2.45) is 10.2 Å². The third kappa shape index (κ3) is 20.9. The lowest BCUT2D eigenvalue weighted by Crippen LogP contribution is -2.29. The van der Waals surface area contributed by atoms with Crippen molar-refractivity contribution in [3.05, 3.63) is 228 Å². The number of nitrogens with zero attached hydrogens (tertiary/aromatic N) is 7. The number of piperidine rings is 1. The van der Waals surface area contributed by atoms with Crippen molar-refractivity contribution in [2.45, 2.75) is 46.1 Å². The summed E-state index contributed by atoms with van der Waals surface area (Å²) in [6.07, 6.45) is 2.64. The van der Waals surface area contributed by atoms with E-state index >= 15 is 0 Å². The lowest BCUT2D eigenvalue weighted by Gasteiger charge is -2.29. The van der Waals surface area contributed by atoms with Crippen LogP contribution in [-0.2, 0) is 6.54 Å². The molecule has 0 unspecified atom stereocenters. The third-order valence-electron chi connectivity index (χ3n) is 10.2. The lowest BCUT2D eigenvalue weighted by molar-refractivity contribution is 0.255. The Bertz CT molecular complexity index is 2550. The van der Waals surface area contributed by atoms with Crippen LogP contribution in [0.1, 0.15) is 53.8 Å². The Labute approximate surface area is 399 Å². The largest absolute Gasteiger partial charge is 0.497 e. The Hall–Kier alpha value is -7.51. The van der Waals surface area contributed by atoms with Crippen molar-refractivity contribution in [2.75, 3.05) is 41.3 Å². The summed E-state index contributed by atoms with van der Waals surface area (Å²) >= 11 is 0. The average molecular weight is 891 g/mol. The first kappa shape index (κ1) is 52.1. The molecule has 0 bridgehead atoms. The highest BCUT2D eigenvalue weighted by molar-refractivity contribution is 5.63. The quantitative estimate of drug-likeness (QED) is 0.127. The van der Waals surface area contributed by atoms with E-state index in [1.807, 2.05) is 130 Å². The van der Waals surface area contributed by atoms with E-state index in [0.29, 0.717) is 5.82 Å². The number of azo groups is 1. The number of para-hydroxylation sites is 1. The smallest absolute Gasteiger partial charge is 0.172 e. The summed E-state index contributed by atoms with van der Waals surface area (Å²) in [5, 5.41) is 22.3. The second-order valence-electron chi connectivity index (χ2n) is 15.4. The predicted octanol–water partition coefficient (Wildman–Crippen LogP) is 13.0. The minimum absolute atomic E-state index is 0.679. The van der Waals surface area contributed by atoms with Crippen LogP contribution in [0.25, 0.3) is 16.8 Å².